The van der Waals surface area contributed by atoms with E-state index in [0.717, 1.165) is 35.1 Å². The Morgan fingerprint density at radius 1 is 1.23 bits per heavy atom. The maximum absolute atomic E-state index is 13.1. The number of esters is 1. The number of carbonyl (C=O) groups excluding carboxylic acids is 2. The Labute approximate surface area is 185 Å². The Bertz CT molecular complexity index is 1130. The number of benzene rings is 1. The van der Waals surface area contributed by atoms with Crippen LogP contribution >= 0.6 is 11.6 Å². The molecule has 31 heavy (non-hydrogen) atoms. The zero-order chi connectivity index (χ0) is 22.0. The monoisotopic (exact) mass is 438 g/mol. The standard InChI is InChI=1S/C23H23ClN4O3/c1-14(2)28-10-9-19-17(12-28)22(16-5-3-4-6-18(16)26-19)23(30)31-13-21(29)27-20-8-7-15(24)11-25-20/h3-8,11,14H,9-10,12-13H2,1-2H3,(H,25,27,29). The van der Waals surface area contributed by atoms with E-state index in [2.05, 4.69) is 29.0 Å². The van der Waals surface area contributed by atoms with Gasteiger partial charge in [0.05, 0.1) is 16.1 Å². The summed E-state index contributed by atoms with van der Waals surface area (Å²) in [6.45, 7) is 5.36. The minimum absolute atomic E-state index is 0.338. The summed E-state index contributed by atoms with van der Waals surface area (Å²) in [7, 11) is 0. The van der Waals surface area contributed by atoms with Crippen LogP contribution in [-0.2, 0) is 22.5 Å². The van der Waals surface area contributed by atoms with Gasteiger partial charge in [0.15, 0.2) is 6.61 Å². The van der Waals surface area contributed by atoms with Crippen molar-refractivity contribution in [3.8, 4) is 0 Å². The van der Waals surface area contributed by atoms with Crippen molar-refractivity contribution in [3.05, 3.63) is 64.4 Å². The molecule has 1 aromatic carbocycles. The Morgan fingerprint density at radius 3 is 2.77 bits per heavy atom. The van der Waals surface area contributed by atoms with Gasteiger partial charge < -0.3 is 10.1 Å². The number of para-hydroxylation sites is 1. The van der Waals surface area contributed by atoms with Crippen molar-refractivity contribution >= 4 is 40.2 Å². The SMILES string of the molecule is CC(C)N1CCc2nc3ccccc3c(C(=O)OCC(=O)Nc3ccc(Cl)cn3)c2C1. The zero-order valence-electron chi connectivity index (χ0n) is 17.4. The fourth-order valence-electron chi connectivity index (χ4n) is 3.72. The summed E-state index contributed by atoms with van der Waals surface area (Å²) >= 11 is 5.80. The number of hydrogen-bond donors (Lipinski definition) is 1. The predicted octanol–water partition coefficient (Wildman–Crippen LogP) is 3.85. The highest BCUT2D eigenvalue weighted by molar-refractivity contribution is 6.30. The van der Waals surface area contributed by atoms with Gasteiger partial charge >= 0.3 is 5.97 Å². The highest BCUT2D eigenvalue weighted by Gasteiger charge is 2.27. The summed E-state index contributed by atoms with van der Waals surface area (Å²) < 4.78 is 5.40. The van der Waals surface area contributed by atoms with E-state index < -0.39 is 18.5 Å². The zero-order valence-corrected chi connectivity index (χ0v) is 18.1. The van der Waals surface area contributed by atoms with Crippen LogP contribution < -0.4 is 5.32 Å². The molecule has 1 amide bonds. The molecule has 0 aliphatic carbocycles. The number of fused-ring (bicyclic) bond motifs is 2. The molecule has 7 nitrogen and oxygen atoms in total. The molecule has 0 bridgehead atoms. The average Bonchev–Trinajstić information content (AvgIpc) is 2.77. The highest BCUT2D eigenvalue weighted by atomic mass is 35.5. The second-order valence-electron chi connectivity index (χ2n) is 7.73. The number of carbonyl (C=O) groups is 2. The van der Waals surface area contributed by atoms with Gasteiger partial charge in [-0.05, 0) is 32.0 Å². The molecule has 0 saturated heterocycles. The van der Waals surface area contributed by atoms with Crippen LogP contribution in [0.1, 0.15) is 35.5 Å². The second-order valence-corrected chi connectivity index (χ2v) is 8.17. The number of halogens is 1. The third kappa shape index (κ3) is 4.68. The minimum atomic E-state index is -0.528. The summed E-state index contributed by atoms with van der Waals surface area (Å²) in [5.41, 5.74) is 3.03. The maximum Gasteiger partial charge on any atom is 0.339 e. The molecule has 3 heterocycles. The van der Waals surface area contributed by atoms with E-state index in [1.54, 1.807) is 12.1 Å². The van der Waals surface area contributed by atoms with E-state index in [1.165, 1.54) is 6.20 Å². The molecule has 0 saturated carbocycles. The average molecular weight is 439 g/mol. The van der Waals surface area contributed by atoms with Crippen LogP contribution in [0.25, 0.3) is 10.9 Å². The summed E-state index contributed by atoms with van der Waals surface area (Å²) in [5.74, 6) is -0.663. The van der Waals surface area contributed by atoms with Crippen molar-refractivity contribution in [3.63, 3.8) is 0 Å². The van der Waals surface area contributed by atoms with E-state index in [-0.39, 0.29) is 0 Å². The highest BCUT2D eigenvalue weighted by Crippen LogP contribution is 2.29. The van der Waals surface area contributed by atoms with Crippen molar-refractivity contribution in [1.29, 1.82) is 0 Å². The molecule has 1 aliphatic heterocycles. The number of anilines is 1. The number of pyridine rings is 2. The van der Waals surface area contributed by atoms with Crippen LogP contribution in [0, 0.1) is 0 Å². The minimum Gasteiger partial charge on any atom is -0.452 e. The lowest BCUT2D eigenvalue weighted by atomic mass is 9.95. The predicted molar refractivity (Wildman–Crippen MR) is 119 cm³/mol. The first kappa shape index (κ1) is 21.2. The third-order valence-electron chi connectivity index (χ3n) is 5.34. The van der Waals surface area contributed by atoms with Crippen LogP contribution in [0.5, 0.6) is 0 Å². The van der Waals surface area contributed by atoms with Gasteiger partial charge in [0, 0.05) is 48.4 Å². The van der Waals surface area contributed by atoms with E-state index in [1.807, 2.05) is 24.3 Å². The largest absolute Gasteiger partial charge is 0.452 e. The summed E-state index contributed by atoms with van der Waals surface area (Å²) in [6.07, 6.45) is 2.19. The first-order valence-corrected chi connectivity index (χ1v) is 10.5. The fraction of sp³-hybridized carbons (Fsp3) is 0.304. The molecule has 0 radical (unpaired) electrons. The fourth-order valence-corrected chi connectivity index (χ4v) is 3.83. The van der Waals surface area contributed by atoms with Gasteiger partial charge in [-0.1, -0.05) is 29.8 Å². The number of hydrogen-bond acceptors (Lipinski definition) is 6. The van der Waals surface area contributed by atoms with Gasteiger partial charge in [-0.15, -0.1) is 0 Å². The lowest BCUT2D eigenvalue weighted by molar-refractivity contribution is -0.119. The quantitative estimate of drug-likeness (QED) is 0.609. The lowest BCUT2D eigenvalue weighted by Gasteiger charge is -2.32. The molecule has 1 aliphatic rings. The summed E-state index contributed by atoms with van der Waals surface area (Å²) in [6, 6.07) is 11.1. The maximum atomic E-state index is 13.1. The van der Waals surface area contributed by atoms with Gasteiger partial charge in [0.1, 0.15) is 5.82 Å². The molecule has 8 heteroatoms. The van der Waals surface area contributed by atoms with E-state index in [9.17, 15) is 9.59 Å². The van der Waals surface area contributed by atoms with Crippen molar-refractivity contribution in [2.75, 3.05) is 18.5 Å². The number of ether oxygens (including phenoxy) is 1. The Morgan fingerprint density at radius 2 is 2.03 bits per heavy atom. The second kappa shape index (κ2) is 8.99. The van der Waals surface area contributed by atoms with Crippen LogP contribution in [-0.4, -0.2) is 45.9 Å². The first-order valence-electron chi connectivity index (χ1n) is 10.2. The number of nitrogens with zero attached hydrogens (tertiary/aromatic N) is 3. The van der Waals surface area contributed by atoms with Crippen LogP contribution in [0.2, 0.25) is 5.02 Å². The Kier molecular flexibility index (Phi) is 6.15. The first-order chi connectivity index (χ1) is 14.9. The summed E-state index contributed by atoms with van der Waals surface area (Å²) in [4.78, 5) is 36.5. The molecular formula is C23H23ClN4O3. The number of rotatable bonds is 5. The topological polar surface area (TPSA) is 84.4 Å². The van der Waals surface area contributed by atoms with Gasteiger partial charge in [0.2, 0.25) is 0 Å². The van der Waals surface area contributed by atoms with Crippen LogP contribution in [0.15, 0.2) is 42.6 Å². The molecule has 0 unspecified atom stereocenters. The van der Waals surface area contributed by atoms with Gasteiger partial charge in [-0.3, -0.25) is 14.7 Å². The normalized spacial score (nSPS) is 13.8. The van der Waals surface area contributed by atoms with Gasteiger partial charge in [0.25, 0.3) is 5.91 Å². The molecule has 0 fully saturated rings. The van der Waals surface area contributed by atoms with E-state index in [4.69, 9.17) is 21.3 Å². The van der Waals surface area contributed by atoms with E-state index in [0.29, 0.717) is 29.0 Å². The van der Waals surface area contributed by atoms with Gasteiger partial charge in [-0.2, -0.15) is 0 Å². The molecular weight excluding hydrogens is 416 g/mol. The van der Waals surface area contributed by atoms with E-state index >= 15 is 0 Å². The molecule has 3 aromatic rings. The molecule has 4 rings (SSSR count). The Balaban J connectivity index is 1.57. The van der Waals surface area contributed by atoms with Crippen molar-refractivity contribution in [2.24, 2.45) is 0 Å². The lowest BCUT2D eigenvalue weighted by Crippen LogP contribution is -2.37. The van der Waals surface area contributed by atoms with Crippen LogP contribution in [0.3, 0.4) is 0 Å². The molecule has 2 aromatic heterocycles. The van der Waals surface area contributed by atoms with Crippen molar-refractivity contribution in [1.82, 2.24) is 14.9 Å². The molecule has 0 atom stereocenters. The number of nitrogens with one attached hydrogen (secondary N) is 1. The summed E-state index contributed by atoms with van der Waals surface area (Å²) in [5, 5.41) is 3.79. The van der Waals surface area contributed by atoms with Crippen molar-refractivity contribution < 1.29 is 14.3 Å². The molecule has 1 N–H and O–H groups in total. The van der Waals surface area contributed by atoms with Crippen molar-refractivity contribution in [2.45, 2.75) is 32.9 Å². The van der Waals surface area contributed by atoms with Gasteiger partial charge in [-0.25, -0.2) is 9.78 Å². The number of amides is 1. The van der Waals surface area contributed by atoms with Crippen LogP contribution in [0.4, 0.5) is 5.82 Å². The smallest absolute Gasteiger partial charge is 0.339 e. The Hall–Kier alpha value is -3.03. The molecule has 160 valence electrons. The third-order valence-corrected chi connectivity index (χ3v) is 5.56. The number of aromatic nitrogens is 2. The molecule has 0 spiro atoms.